The number of methoxy groups -OCH3 is 1. The van der Waals surface area contributed by atoms with E-state index >= 15 is 0 Å². The molecule has 0 spiro atoms. The van der Waals surface area contributed by atoms with Crippen molar-refractivity contribution in [3.05, 3.63) is 33.8 Å². The zero-order chi connectivity index (χ0) is 14.4. The van der Waals surface area contributed by atoms with Crippen LogP contribution in [0.2, 0.25) is 0 Å². The van der Waals surface area contributed by atoms with Crippen molar-refractivity contribution in [3.63, 3.8) is 0 Å². The van der Waals surface area contributed by atoms with Gasteiger partial charge in [0, 0.05) is 24.7 Å². The van der Waals surface area contributed by atoms with E-state index in [9.17, 15) is 13.6 Å². The lowest BCUT2D eigenvalue weighted by molar-refractivity contribution is 0.0647. The van der Waals surface area contributed by atoms with Gasteiger partial charge in [-0.2, -0.15) is 0 Å². The predicted molar refractivity (Wildman–Crippen MR) is 68.9 cm³/mol. The summed E-state index contributed by atoms with van der Waals surface area (Å²) in [5, 5.41) is 8.88. The lowest BCUT2D eigenvalue weighted by atomic mass is 10.1. The molecular formula is C12H14BrF2NO3. The second-order valence-corrected chi connectivity index (χ2v) is 4.67. The molecule has 0 unspecified atom stereocenters. The van der Waals surface area contributed by atoms with E-state index in [1.54, 1.807) is 0 Å². The molecule has 0 saturated carbocycles. The van der Waals surface area contributed by atoms with E-state index < -0.39 is 23.1 Å². The van der Waals surface area contributed by atoms with E-state index in [0.29, 0.717) is 0 Å². The number of hydrogen-bond acceptors (Lipinski definition) is 3. The van der Waals surface area contributed by atoms with Gasteiger partial charge in [-0.15, -0.1) is 0 Å². The number of carbonyl (C=O) groups excluding carboxylic acids is 1. The van der Waals surface area contributed by atoms with E-state index in [2.05, 4.69) is 15.9 Å². The molecule has 4 nitrogen and oxygen atoms in total. The summed E-state index contributed by atoms with van der Waals surface area (Å²) in [6.07, 6.45) is 0. The highest BCUT2D eigenvalue weighted by Gasteiger charge is 2.23. The molecule has 0 saturated heterocycles. The Kier molecular flexibility index (Phi) is 6.33. The Labute approximate surface area is 118 Å². The van der Waals surface area contributed by atoms with E-state index in [4.69, 9.17) is 9.84 Å². The van der Waals surface area contributed by atoms with Crippen molar-refractivity contribution in [1.29, 1.82) is 0 Å². The lowest BCUT2D eigenvalue weighted by Crippen LogP contribution is -2.37. The Morgan fingerprint density at radius 2 is 1.95 bits per heavy atom. The Morgan fingerprint density at radius 3 is 2.42 bits per heavy atom. The van der Waals surface area contributed by atoms with E-state index in [-0.39, 0.29) is 30.8 Å². The van der Waals surface area contributed by atoms with Gasteiger partial charge in [0.05, 0.1) is 13.2 Å². The number of halogens is 3. The fourth-order valence-corrected chi connectivity index (χ4v) is 1.94. The summed E-state index contributed by atoms with van der Waals surface area (Å²) < 4.78 is 32.4. The first-order valence-corrected chi connectivity index (χ1v) is 6.34. The number of hydrogen-bond donors (Lipinski definition) is 1. The zero-order valence-electron chi connectivity index (χ0n) is 10.3. The molecule has 0 fully saturated rings. The number of rotatable bonds is 6. The molecule has 0 aliphatic heterocycles. The van der Waals surface area contributed by atoms with Crippen molar-refractivity contribution in [2.24, 2.45) is 0 Å². The van der Waals surface area contributed by atoms with E-state index in [1.807, 2.05) is 0 Å². The Hall–Kier alpha value is -1.05. The van der Waals surface area contributed by atoms with Crippen molar-refractivity contribution in [2.75, 3.05) is 33.4 Å². The predicted octanol–water partition coefficient (Wildman–Crippen LogP) is 1.81. The van der Waals surface area contributed by atoms with Gasteiger partial charge in [-0.25, -0.2) is 8.78 Å². The molecule has 1 rings (SSSR count). The molecule has 1 aromatic carbocycles. The summed E-state index contributed by atoms with van der Waals surface area (Å²) in [4.78, 5) is 13.2. The number of aliphatic hydroxyl groups excluding tert-OH is 1. The number of ether oxygens (including phenoxy) is 1. The first kappa shape index (κ1) is 16.0. The van der Waals surface area contributed by atoms with Crippen molar-refractivity contribution in [3.8, 4) is 0 Å². The third-order valence-corrected chi connectivity index (χ3v) is 2.90. The average Bonchev–Trinajstić information content (AvgIpc) is 2.33. The SMILES string of the molecule is COCCN(CCO)C(=O)c1c(F)cc(Br)cc1F. The molecule has 1 N–H and O–H groups in total. The second kappa shape index (κ2) is 7.52. The molecule has 7 heteroatoms. The summed E-state index contributed by atoms with van der Waals surface area (Å²) in [6.45, 7) is 0.0443. The van der Waals surface area contributed by atoms with Crippen LogP contribution in [0.1, 0.15) is 10.4 Å². The van der Waals surface area contributed by atoms with Gasteiger partial charge < -0.3 is 14.7 Å². The van der Waals surface area contributed by atoms with Crippen LogP contribution in [0.15, 0.2) is 16.6 Å². The molecule has 0 atom stereocenters. The molecule has 0 bridgehead atoms. The van der Waals surface area contributed by atoms with Gasteiger partial charge in [-0.1, -0.05) is 15.9 Å². The van der Waals surface area contributed by atoms with Crippen LogP contribution in [0.4, 0.5) is 8.78 Å². The molecule has 0 aliphatic rings. The van der Waals surface area contributed by atoms with Crippen molar-refractivity contribution in [1.82, 2.24) is 4.90 Å². The van der Waals surface area contributed by atoms with Gasteiger partial charge in [-0.05, 0) is 12.1 Å². The van der Waals surface area contributed by atoms with Crippen LogP contribution in [0, 0.1) is 11.6 Å². The van der Waals surface area contributed by atoms with Crippen LogP contribution in [0.3, 0.4) is 0 Å². The first-order valence-electron chi connectivity index (χ1n) is 5.54. The molecule has 1 aromatic rings. The minimum atomic E-state index is -0.947. The topological polar surface area (TPSA) is 49.8 Å². The molecule has 0 aliphatic carbocycles. The second-order valence-electron chi connectivity index (χ2n) is 3.75. The first-order chi connectivity index (χ1) is 9.01. The van der Waals surface area contributed by atoms with E-state index in [1.165, 1.54) is 7.11 Å². The maximum atomic E-state index is 13.7. The number of carbonyl (C=O) groups is 1. The largest absolute Gasteiger partial charge is 0.395 e. The summed E-state index contributed by atoms with van der Waals surface area (Å²) in [5.74, 6) is -2.71. The summed E-state index contributed by atoms with van der Waals surface area (Å²) in [6, 6.07) is 2.04. The van der Waals surface area contributed by atoms with Crippen molar-refractivity contribution < 1.29 is 23.4 Å². The van der Waals surface area contributed by atoms with Crippen LogP contribution >= 0.6 is 15.9 Å². The molecule has 1 amide bonds. The monoisotopic (exact) mass is 337 g/mol. The maximum Gasteiger partial charge on any atom is 0.259 e. The fourth-order valence-electron chi connectivity index (χ4n) is 1.54. The van der Waals surface area contributed by atoms with Crippen LogP contribution in [-0.2, 0) is 4.74 Å². The normalized spacial score (nSPS) is 10.6. The highest BCUT2D eigenvalue weighted by molar-refractivity contribution is 9.10. The van der Waals surface area contributed by atoms with Gasteiger partial charge in [0.15, 0.2) is 0 Å². The van der Waals surface area contributed by atoms with Crippen LogP contribution in [0.25, 0.3) is 0 Å². The molecule has 19 heavy (non-hydrogen) atoms. The quantitative estimate of drug-likeness (QED) is 0.861. The van der Waals surface area contributed by atoms with Gasteiger partial charge in [0.25, 0.3) is 5.91 Å². The lowest BCUT2D eigenvalue weighted by Gasteiger charge is -2.21. The molecule has 106 valence electrons. The minimum Gasteiger partial charge on any atom is -0.395 e. The van der Waals surface area contributed by atoms with E-state index in [0.717, 1.165) is 17.0 Å². The zero-order valence-corrected chi connectivity index (χ0v) is 11.9. The molecule has 0 heterocycles. The Bertz CT molecular complexity index is 434. The molecule has 0 radical (unpaired) electrons. The van der Waals surface area contributed by atoms with Crippen LogP contribution < -0.4 is 0 Å². The smallest absolute Gasteiger partial charge is 0.259 e. The third kappa shape index (κ3) is 4.22. The summed E-state index contributed by atoms with van der Waals surface area (Å²) in [7, 11) is 1.45. The van der Waals surface area contributed by atoms with Gasteiger partial charge in [-0.3, -0.25) is 4.79 Å². The van der Waals surface area contributed by atoms with Crippen LogP contribution in [-0.4, -0.2) is 49.3 Å². The number of benzene rings is 1. The van der Waals surface area contributed by atoms with Crippen LogP contribution in [0.5, 0.6) is 0 Å². The highest BCUT2D eigenvalue weighted by Crippen LogP contribution is 2.20. The fraction of sp³-hybridized carbons (Fsp3) is 0.417. The molecular weight excluding hydrogens is 324 g/mol. The standard InChI is InChI=1S/C12H14BrF2NO3/c1-19-5-3-16(2-4-17)12(18)11-9(14)6-8(13)7-10(11)15/h6-7,17H,2-5H2,1H3. The Balaban J connectivity index is 3.02. The van der Waals surface area contributed by atoms with Gasteiger partial charge >= 0.3 is 0 Å². The maximum absolute atomic E-state index is 13.7. The molecule has 0 aromatic heterocycles. The highest BCUT2D eigenvalue weighted by atomic mass is 79.9. The van der Waals surface area contributed by atoms with Crippen molar-refractivity contribution in [2.45, 2.75) is 0 Å². The average molecular weight is 338 g/mol. The number of nitrogens with zero attached hydrogens (tertiary/aromatic N) is 1. The Morgan fingerprint density at radius 1 is 1.37 bits per heavy atom. The number of amides is 1. The number of aliphatic hydroxyl groups is 1. The summed E-state index contributed by atoms with van der Waals surface area (Å²) in [5.41, 5.74) is -0.632. The van der Waals surface area contributed by atoms with Gasteiger partial charge in [0.1, 0.15) is 17.2 Å². The van der Waals surface area contributed by atoms with Gasteiger partial charge in [0.2, 0.25) is 0 Å². The minimum absolute atomic E-state index is 0.0167. The summed E-state index contributed by atoms with van der Waals surface area (Å²) >= 11 is 2.94. The third-order valence-electron chi connectivity index (χ3n) is 2.44. The van der Waals surface area contributed by atoms with Crippen molar-refractivity contribution >= 4 is 21.8 Å².